The Morgan fingerprint density at radius 3 is 3.08 bits per heavy atom. The first-order chi connectivity index (χ1) is 5.83. The second kappa shape index (κ2) is 2.41. The lowest BCUT2D eigenvalue weighted by molar-refractivity contribution is 0.460. The number of nitrogens with one attached hydrogen (secondary N) is 1. The van der Waals surface area contributed by atoms with Gasteiger partial charge in [0.1, 0.15) is 0 Å². The molecule has 62 valence electrons. The Hall–Kier alpha value is -1.71. The summed E-state index contributed by atoms with van der Waals surface area (Å²) in [5, 5.41) is 7.56. The third-order valence-electron chi connectivity index (χ3n) is 1.77. The van der Waals surface area contributed by atoms with E-state index in [0.29, 0.717) is 17.1 Å². The Kier molecular flexibility index (Phi) is 1.40. The summed E-state index contributed by atoms with van der Waals surface area (Å²) in [6, 6.07) is 5.49. The van der Waals surface area contributed by atoms with Crippen molar-refractivity contribution in [3.05, 3.63) is 18.2 Å². The molecule has 4 nitrogen and oxygen atoms in total. The van der Waals surface area contributed by atoms with Gasteiger partial charge in [0, 0.05) is 12.7 Å². The van der Waals surface area contributed by atoms with Crippen molar-refractivity contribution < 1.29 is 4.52 Å². The minimum Gasteiger partial charge on any atom is -0.398 e. The van der Waals surface area contributed by atoms with E-state index >= 15 is 0 Å². The van der Waals surface area contributed by atoms with Gasteiger partial charge in [-0.2, -0.15) is 0 Å². The second-order valence-electron chi connectivity index (χ2n) is 2.50. The molecular weight excluding hydrogens is 154 g/mol. The molecule has 1 aromatic carbocycles. The van der Waals surface area contributed by atoms with E-state index in [2.05, 4.69) is 10.5 Å². The van der Waals surface area contributed by atoms with Gasteiger partial charge in [-0.1, -0.05) is 11.2 Å². The van der Waals surface area contributed by atoms with Gasteiger partial charge in [-0.15, -0.1) is 0 Å². The van der Waals surface area contributed by atoms with Crippen LogP contribution in [0.5, 0.6) is 0 Å². The van der Waals surface area contributed by atoms with Crippen LogP contribution < -0.4 is 11.1 Å². The Morgan fingerprint density at radius 1 is 1.50 bits per heavy atom. The molecule has 0 aliphatic carbocycles. The number of nitrogens with two attached hydrogens (primary N) is 1. The van der Waals surface area contributed by atoms with E-state index < -0.39 is 0 Å². The highest BCUT2D eigenvalue weighted by molar-refractivity contribution is 5.97. The second-order valence-corrected chi connectivity index (χ2v) is 2.50. The van der Waals surface area contributed by atoms with Crippen molar-refractivity contribution >= 4 is 22.5 Å². The SMILES string of the molecule is CNc1noc2cccc(N)c12. The van der Waals surface area contributed by atoms with E-state index in [-0.39, 0.29) is 0 Å². The number of benzene rings is 1. The molecule has 1 heterocycles. The monoisotopic (exact) mass is 163 g/mol. The van der Waals surface area contributed by atoms with E-state index in [9.17, 15) is 0 Å². The van der Waals surface area contributed by atoms with E-state index in [0.717, 1.165) is 5.39 Å². The zero-order valence-electron chi connectivity index (χ0n) is 6.66. The molecule has 0 unspecified atom stereocenters. The number of fused-ring (bicyclic) bond motifs is 1. The normalized spacial score (nSPS) is 10.4. The Labute approximate surface area is 69.3 Å². The molecule has 4 heteroatoms. The molecule has 0 fully saturated rings. The molecule has 2 aromatic rings. The van der Waals surface area contributed by atoms with Gasteiger partial charge in [-0.25, -0.2) is 0 Å². The summed E-state index contributed by atoms with van der Waals surface area (Å²) >= 11 is 0. The van der Waals surface area contributed by atoms with Crippen LogP contribution in [-0.4, -0.2) is 12.2 Å². The molecule has 0 bridgehead atoms. The predicted molar refractivity (Wildman–Crippen MR) is 48.0 cm³/mol. The van der Waals surface area contributed by atoms with Crippen LogP contribution in [0.1, 0.15) is 0 Å². The maximum Gasteiger partial charge on any atom is 0.179 e. The number of hydrogen-bond donors (Lipinski definition) is 2. The van der Waals surface area contributed by atoms with Gasteiger partial charge in [0.2, 0.25) is 0 Å². The summed E-state index contributed by atoms with van der Waals surface area (Å²) in [6.45, 7) is 0. The maximum atomic E-state index is 5.74. The van der Waals surface area contributed by atoms with Gasteiger partial charge in [0.25, 0.3) is 0 Å². The molecule has 0 spiro atoms. The molecule has 0 aliphatic heterocycles. The number of aromatic nitrogens is 1. The molecular formula is C8H9N3O. The summed E-state index contributed by atoms with van der Waals surface area (Å²) in [5.74, 6) is 0.683. The van der Waals surface area contributed by atoms with Gasteiger partial charge in [-0.05, 0) is 12.1 Å². The molecule has 12 heavy (non-hydrogen) atoms. The molecule has 1 aromatic heterocycles. The van der Waals surface area contributed by atoms with Gasteiger partial charge < -0.3 is 15.6 Å². The van der Waals surface area contributed by atoms with Crippen LogP contribution in [0.15, 0.2) is 22.7 Å². The van der Waals surface area contributed by atoms with Crippen LogP contribution in [0.3, 0.4) is 0 Å². The zero-order chi connectivity index (χ0) is 8.55. The first-order valence-electron chi connectivity index (χ1n) is 3.64. The van der Waals surface area contributed by atoms with Crippen LogP contribution in [0.4, 0.5) is 11.5 Å². The highest BCUT2D eigenvalue weighted by Crippen LogP contribution is 2.27. The van der Waals surface area contributed by atoms with Gasteiger partial charge in [-0.3, -0.25) is 0 Å². The first-order valence-corrected chi connectivity index (χ1v) is 3.64. The molecule has 0 amide bonds. The zero-order valence-corrected chi connectivity index (χ0v) is 6.66. The summed E-state index contributed by atoms with van der Waals surface area (Å²) in [7, 11) is 1.78. The average molecular weight is 163 g/mol. The van der Waals surface area contributed by atoms with Crippen molar-refractivity contribution in [2.24, 2.45) is 0 Å². The molecule has 0 aliphatic rings. The van der Waals surface area contributed by atoms with Crippen LogP contribution in [-0.2, 0) is 0 Å². The van der Waals surface area contributed by atoms with Crippen molar-refractivity contribution in [3.63, 3.8) is 0 Å². The summed E-state index contributed by atoms with van der Waals surface area (Å²) < 4.78 is 5.03. The average Bonchev–Trinajstić information content (AvgIpc) is 2.49. The first kappa shape index (κ1) is 6.97. The van der Waals surface area contributed by atoms with Crippen molar-refractivity contribution in [3.8, 4) is 0 Å². The topological polar surface area (TPSA) is 64.1 Å². The lowest BCUT2D eigenvalue weighted by atomic mass is 10.2. The number of rotatable bonds is 1. The van der Waals surface area contributed by atoms with Crippen LogP contribution >= 0.6 is 0 Å². The number of nitrogen functional groups attached to an aromatic ring is 1. The van der Waals surface area contributed by atoms with Crippen LogP contribution in [0, 0.1) is 0 Å². The van der Waals surface area contributed by atoms with Crippen molar-refractivity contribution in [2.75, 3.05) is 18.1 Å². The van der Waals surface area contributed by atoms with Crippen molar-refractivity contribution in [1.29, 1.82) is 0 Å². The summed E-state index contributed by atoms with van der Waals surface area (Å²) in [5.41, 5.74) is 7.12. The molecule has 2 rings (SSSR count). The van der Waals surface area contributed by atoms with Crippen molar-refractivity contribution in [2.45, 2.75) is 0 Å². The van der Waals surface area contributed by atoms with E-state index in [1.807, 2.05) is 18.2 Å². The van der Waals surface area contributed by atoms with Crippen molar-refractivity contribution in [1.82, 2.24) is 5.16 Å². The number of anilines is 2. The standard InChI is InChI=1S/C8H9N3O/c1-10-8-7-5(9)3-2-4-6(7)12-11-8/h2-4H,9H2,1H3,(H,10,11). The van der Waals surface area contributed by atoms with E-state index in [1.54, 1.807) is 7.05 Å². The van der Waals surface area contributed by atoms with Crippen LogP contribution in [0.25, 0.3) is 11.0 Å². The Bertz CT molecular complexity index is 408. The highest BCUT2D eigenvalue weighted by atomic mass is 16.5. The molecule has 0 saturated heterocycles. The third-order valence-corrected chi connectivity index (χ3v) is 1.77. The minimum atomic E-state index is 0.679. The summed E-state index contributed by atoms with van der Waals surface area (Å²) in [4.78, 5) is 0. The van der Waals surface area contributed by atoms with Crippen LogP contribution in [0.2, 0.25) is 0 Å². The largest absolute Gasteiger partial charge is 0.398 e. The molecule has 3 N–H and O–H groups in total. The Balaban J connectivity index is 2.83. The van der Waals surface area contributed by atoms with E-state index in [1.165, 1.54) is 0 Å². The Morgan fingerprint density at radius 2 is 2.33 bits per heavy atom. The fourth-order valence-corrected chi connectivity index (χ4v) is 1.19. The smallest absolute Gasteiger partial charge is 0.179 e. The number of hydrogen-bond acceptors (Lipinski definition) is 4. The predicted octanol–water partition coefficient (Wildman–Crippen LogP) is 1.45. The van der Waals surface area contributed by atoms with Gasteiger partial charge in [0.05, 0.1) is 5.39 Å². The maximum absolute atomic E-state index is 5.74. The fourth-order valence-electron chi connectivity index (χ4n) is 1.19. The fraction of sp³-hybridized carbons (Fsp3) is 0.125. The molecule has 0 saturated carbocycles. The summed E-state index contributed by atoms with van der Waals surface area (Å²) in [6.07, 6.45) is 0. The van der Waals surface area contributed by atoms with Gasteiger partial charge >= 0.3 is 0 Å². The van der Waals surface area contributed by atoms with Gasteiger partial charge in [0.15, 0.2) is 11.4 Å². The lowest BCUT2D eigenvalue weighted by Gasteiger charge is -1.95. The molecule has 0 radical (unpaired) electrons. The highest BCUT2D eigenvalue weighted by Gasteiger charge is 2.07. The third kappa shape index (κ3) is 0.812. The van der Waals surface area contributed by atoms with E-state index in [4.69, 9.17) is 10.3 Å². The quantitative estimate of drug-likeness (QED) is 0.624. The minimum absolute atomic E-state index is 0.679. The molecule has 0 atom stereocenters. The number of nitrogens with zero attached hydrogens (tertiary/aromatic N) is 1. The lowest BCUT2D eigenvalue weighted by Crippen LogP contribution is -1.91.